The minimum atomic E-state index is -1.16. The summed E-state index contributed by atoms with van der Waals surface area (Å²) in [6.07, 6.45) is 2.72. The van der Waals surface area contributed by atoms with Crippen LogP contribution in [-0.2, 0) is 11.3 Å². The van der Waals surface area contributed by atoms with Crippen LogP contribution in [0.3, 0.4) is 0 Å². The number of carboxylic acid groups (broad SMARTS) is 2. The first-order valence-electron chi connectivity index (χ1n) is 7.08. The van der Waals surface area contributed by atoms with Gasteiger partial charge in [0.15, 0.2) is 5.69 Å². The van der Waals surface area contributed by atoms with Crippen LogP contribution in [0.4, 0.5) is 0 Å². The number of aromatic nitrogens is 2. The first kappa shape index (κ1) is 15.2. The molecule has 2 N–H and O–H groups in total. The minimum absolute atomic E-state index is 0.157. The van der Waals surface area contributed by atoms with Crippen molar-refractivity contribution >= 4 is 11.9 Å². The number of aliphatic carboxylic acids is 1. The molecule has 1 saturated heterocycles. The van der Waals surface area contributed by atoms with E-state index >= 15 is 0 Å². The fourth-order valence-corrected chi connectivity index (χ4v) is 2.83. The second-order valence-corrected chi connectivity index (χ2v) is 5.43. The number of rotatable bonds is 5. The highest BCUT2D eigenvalue weighted by Crippen LogP contribution is 2.32. The van der Waals surface area contributed by atoms with Crippen LogP contribution in [0.15, 0.2) is 35.1 Å². The molecule has 2 aromatic rings. The molecule has 120 valence electrons. The van der Waals surface area contributed by atoms with Crippen molar-refractivity contribution in [1.82, 2.24) is 14.9 Å². The minimum Gasteiger partial charge on any atom is -0.481 e. The number of nitrogens with zero attached hydrogens (tertiary/aromatic N) is 3. The fraction of sp³-hybridized carbons (Fsp3) is 0.333. The molecule has 0 saturated carbocycles. The van der Waals surface area contributed by atoms with E-state index in [1.807, 2.05) is 17.0 Å². The Morgan fingerprint density at radius 1 is 1.30 bits per heavy atom. The molecule has 0 bridgehead atoms. The third-order valence-corrected chi connectivity index (χ3v) is 3.91. The highest BCUT2D eigenvalue weighted by Gasteiger charge is 2.39. The van der Waals surface area contributed by atoms with E-state index in [4.69, 9.17) is 9.52 Å². The Kier molecular flexibility index (Phi) is 4.07. The Balaban J connectivity index is 1.74. The molecule has 0 unspecified atom stereocenters. The first-order chi connectivity index (χ1) is 11.0. The molecule has 8 nitrogen and oxygen atoms in total. The molecule has 3 heterocycles. The molecule has 1 aliphatic rings. The summed E-state index contributed by atoms with van der Waals surface area (Å²) in [5, 5.41) is 18.3. The van der Waals surface area contributed by atoms with Crippen molar-refractivity contribution in [2.24, 2.45) is 5.92 Å². The third kappa shape index (κ3) is 3.21. The van der Waals surface area contributed by atoms with Gasteiger partial charge in [-0.15, -0.1) is 0 Å². The number of carboxylic acids is 2. The molecule has 1 aliphatic heterocycles. The topological polar surface area (TPSA) is 117 Å². The lowest BCUT2D eigenvalue weighted by Gasteiger charge is -2.13. The van der Waals surface area contributed by atoms with E-state index in [0.717, 1.165) is 12.0 Å². The molecule has 23 heavy (non-hydrogen) atoms. The monoisotopic (exact) mass is 317 g/mol. The second kappa shape index (κ2) is 6.17. The zero-order valence-electron chi connectivity index (χ0n) is 12.1. The zero-order chi connectivity index (χ0) is 16.4. The summed E-state index contributed by atoms with van der Waals surface area (Å²) in [6, 6.07) is 5.43. The van der Waals surface area contributed by atoms with Crippen LogP contribution in [0, 0.1) is 5.92 Å². The van der Waals surface area contributed by atoms with Gasteiger partial charge in [-0.05, 0) is 12.1 Å². The van der Waals surface area contributed by atoms with E-state index < -0.39 is 17.9 Å². The predicted molar refractivity (Wildman–Crippen MR) is 76.8 cm³/mol. The van der Waals surface area contributed by atoms with Crippen molar-refractivity contribution in [1.29, 1.82) is 0 Å². The summed E-state index contributed by atoms with van der Waals surface area (Å²) >= 11 is 0. The van der Waals surface area contributed by atoms with Crippen LogP contribution < -0.4 is 0 Å². The normalized spacial score (nSPS) is 21.4. The molecular formula is C15H15N3O5. The molecule has 8 heteroatoms. The van der Waals surface area contributed by atoms with Gasteiger partial charge in [-0.2, -0.15) is 0 Å². The summed E-state index contributed by atoms with van der Waals surface area (Å²) in [4.78, 5) is 32.3. The van der Waals surface area contributed by atoms with Crippen molar-refractivity contribution in [2.45, 2.75) is 12.5 Å². The largest absolute Gasteiger partial charge is 0.481 e. The van der Waals surface area contributed by atoms with Crippen LogP contribution in [0.5, 0.6) is 0 Å². The van der Waals surface area contributed by atoms with Gasteiger partial charge in [0.05, 0.1) is 12.5 Å². The summed E-state index contributed by atoms with van der Waals surface area (Å²) in [5.41, 5.74) is 0.580. The molecule has 0 spiro atoms. The number of pyridine rings is 1. The van der Waals surface area contributed by atoms with Gasteiger partial charge in [0.25, 0.3) is 0 Å². The van der Waals surface area contributed by atoms with Crippen LogP contribution >= 0.6 is 0 Å². The molecule has 0 radical (unpaired) electrons. The van der Waals surface area contributed by atoms with Gasteiger partial charge < -0.3 is 14.6 Å². The molecule has 0 aromatic carbocycles. The van der Waals surface area contributed by atoms with E-state index in [2.05, 4.69) is 9.97 Å². The standard InChI is InChI=1S/C15H15N3O5/c19-14(20)10-6-18(5-9(10)11-3-1-2-4-16-11)7-13-17-12(8-23-13)15(21)22/h1-4,8-10H,5-7H2,(H,19,20)(H,21,22)/t9-,10-/m1/s1. The Morgan fingerprint density at radius 2 is 2.13 bits per heavy atom. The highest BCUT2D eigenvalue weighted by molar-refractivity contribution is 5.84. The lowest BCUT2D eigenvalue weighted by atomic mass is 9.93. The lowest BCUT2D eigenvalue weighted by Crippen LogP contribution is -2.23. The predicted octanol–water partition coefficient (Wildman–Crippen LogP) is 1.07. The summed E-state index contributed by atoms with van der Waals surface area (Å²) in [5.74, 6) is -2.56. The van der Waals surface area contributed by atoms with Crippen molar-refractivity contribution < 1.29 is 24.2 Å². The summed E-state index contributed by atoms with van der Waals surface area (Å²) in [6.45, 7) is 1.10. The van der Waals surface area contributed by atoms with Gasteiger partial charge in [0, 0.05) is 30.9 Å². The van der Waals surface area contributed by atoms with Gasteiger partial charge in [0.1, 0.15) is 6.26 Å². The molecule has 2 atom stereocenters. The smallest absolute Gasteiger partial charge is 0.357 e. The van der Waals surface area contributed by atoms with Crippen molar-refractivity contribution in [3.63, 3.8) is 0 Å². The van der Waals surface area contributed by atoms with Crippen molar-refractivity contribution in [3.05, 3.63) is 47.9 Å². The number of hydrogen-bond donors (Lipinski definition) is 2. The second-order valence-electron chi connectivity index (χ2n) is 5.43. The Labute approximate surface area is 131 Å². The zero-order valence-corrected chi connectivity index (χ0v) is 12.1. The first-order valence-corrected chi connectivity index (χ1v) is 7.08. The average Bonchev–Trinajstić information content (AvgIpc) is 3.16. The van der Waals surface area contributed by atoms with E-state index in [9.17, 15) is 14.7 Å². The van der Waals surface area contributed by atoms with Crippen molar-refractivity contribution in [2.75, 3.05) is 13.1 Å². The van der Waals surface area contributed by atoms with Crippen LogP contribution in [0.25, 0.3) is 0 Å². The maximum absolute atomic E-state index is 11.5. The van der Waals surface area contributed by atoms with E-state index in [-0.39, 0.29) is 24.0 Å². The highest BCUT2D eigenvalue weighted by atomic mass is 16.4. The molecule has 2 aromatic heterocycles. The Hall–Kier alpha value is -2.74. The van der Waals surface area contributed by atoms with Gasteiger partial charge in [-0.1, -0.05) is 6.07 Å². The number of oxazole rings is 1. The number of aromatic carboxylic acids is 1. The summed E-state index contributed by atoms with van der Waals surface area (Å²) < 4.78 is 5.13. The number of likely N-dealkylation sites (tertiary alicyclic amines) is 1. The number of carbonyl (C=O) groups is 2. The molecule has 0 amide bonds. The van der Waals surface area contributed by atoms with E-state index in [1.165, 1.54) is 0 Å². The van der Waals surface area contributed by atoms with Crippen LogP contribution in [0.1, 0.15) is 28.0 Å². The van der Waals surface area contributed by atoms with E-state index in [0.29, 0.717) is 13.1 Å². The maximum atomic E-state index is 11.5. The molecular weight excluding hydrogens is 302 g/mol. The quantitative estimate of drug-likeness (QED) is 0.841. The lowest BCUT2D eigenvalue weighted by molar-refractivity contribution is -0.141. The molecule has 3 rings (SSSR count). The fourth-order valence-electron chi connectivity index (χ4n) is 2.83. The Bertz CT molecular complexity index is 715. The average molecular weight is 317 g/mol. The van der Waals surface area contributed by atoms with Crippen molar-refractivity contribution in [3.8, 4) is 0 Å². The molecule has 1 fully saturated rings. The van der Waals surface area contributed by atoms with Gasteiger partial charge >= 0.3 is 11.9 Å². The number of hydrogen-bond acceptors (Lipinski definition) is 6. The third-order valence-electron chi connectivity index (χ3n) is 3.91. The molecule has 0 aliphatic carbocycles. The van der Waals surface area contributed by atoms with Gasteiger partial charge in [0.2, 0.25) is 5.89 Å². The Morgan fingerprint density at radius 3 is 2.74 bits per heavy atom. The van der Waals surface area contributed by atoms with Gasteiger partial charge in [-0.25, -0.2) is 9.78 Å². The maximum Gasteiger partial charge on any atom is 0.357 e. The van der Waals surface area contributed by atoms with Crippen LogP contribution in [-0.4, -0.2) is 50.1 Å². The van der Waals surface area contributed by atoms with E-state index in [1.54, 1.807) is 12.3 Å². The van der Waals surface area contributed by atoms with Crippen LogP contribution in [0.2, 0.25) is 0 Å². The summed E-state index contributed by atoms with van der Waals surface area (Å²) in [7, 11) is 0. The SMILES string of the molecule is O=C(O)c1coc(CN2C[C@@H](C(=O)O)[C@H](c3ccccn3)C2)n1. The van der Waals surface area contributed by atoms with Gasteiger partial charge in [-0.3, -0.25) is 14.7 Å².